The maximum Gasteiger partial charge on any atom is 0.349 e. The lowest BCUT2D eigenvalue weighted by atomic mass is 10.00. The quantitative estimate of drug-likeness (QED) is 0.631. The van der Waals surface area contributed by atoms with Crippen LogP contribution in [0.25, 0.3) is 11.0 Å². The van der Waals surface area contributed by atoms with E-state index in [0.29, 0.717) is 16.5 Å². The van der Waals surface area contributed by atoms with Gasteiger partial charge in [0.1, 0.15) is 17.2 Å². The Kier molecular flexibility index (Phi) is 4.16. The number of hydrogen-bond donors (Lipinski definition) is 2. The topological polar surface area (TPSA) is 105 Å². The molecule has 1 atom stereocenters. The number of aryl methyl sites for hydroxylation is 3. The molecule has 7 heteroatoms. The second kappa shape index (κ2) is 6.16. The average molecular weight is 342 g/mol. The summed E-state index contributed by atoms with van der Waals surface area (Å²) in [5.74, 6) is -1.62. The molecule has 130 valence electrons. The van der Waals surface area contributed by atoms with Gasteiger partial charge in [-0.25, -0.2) is 4.79 Å². The Morgan fingerprint density at radius 1 is 1.16 bits per heavy atom. The Morgan fingerprint density at radius 3 is 2.56 bits per heavy atom. The highest BCUT2D eigenvalue weighted by Crippen LogP contribution is 2.24. The fraction of sp³-hybridized carbons (Fsp3) is 0.333. The van der Waals surface area contributed by atoms with Crippen molar-refractivity contribution in [3.8, 4) is 0 Å². The summed E-state index contributed by atoms with van der Waals surface area (Å²) in [6.45, 7) is 5.43. The van der Waals surface area contributed by atoms with Crippen LogP contribution < -0.4 is 16.3 Å². The van der Waals surface area contributed by atoms with E-state index in [1.807, 2.05) is 19.9 Å². The molecule has 0 spiro atoms. The zero-order valence-corrected chi connectivity index (χ0v) is 14.2. The van der Waals surface area contributed by atoms with Crippen molar-refractivity contribution in [2.45, 2.75) is 39.7 Å². The van der Waals surface area contributed by atoms with Crippen LogP contribution in [0.5, 0.6) is 0 Å². The first-order chi connectivity index (χ1) is 11.8. The SMILES string of the molecule is Cc1ccc2c(C)c(C(=O)NC3CCC(=O)NC3=O)c(=O)oc2c1C. The molecule has 1 unspecified atom stereocenters. The number of nitrogens with one attached hydrogen (secondary N) is 2. The third-order valence-electron chi connectivity index (χ3n) is 4.63. The van der Waals surface area contributed by atoms with Crippen LogP contribution in [-0.2, 0) is 9.59 Å². The Labute approximate surface area is 143 Å². The third-order valence-corrected chi connectivity index (χ3v) is 4.63. The predicted molar refractivity (Wildman–Crippen MR) is 90.3 cm³/mol. The largest absolute Gasteiger partial charge is 0.422 e. The van der Waals surface area contributed by atoms with Crippen molar-refractivity contribution in [3.05, 3.63) is 44.8 Å². The first kappa shape index (κ1) is 16.9. The maximum absolute atomic E-state index is 12.5. The fourth-order valence-corrected chi connectivity index (χ4v) is 2.97. The van der Waals surface area contributed by atoms with E-state index in [1.165, 1.54) is 0 Å². The Bertz CT molecular complexity index is 974. The van der Waals surface area contributed by atoms with E-state index in [4.69, 9.17) is 4.42 Å². The van der Waals surface area contributed by atoms with E-state index in [9.17, 15) is 19.2 Å². The zero-order chi connectivity index (χ0) is 18.3. The number of piperidine rings is 1. The summed E-state index contributed by atoms with van der Waals surface area (Å²) in [6.07, 6.45) is 0.340. The molecule has 2 aromatic rings. The van der Waals surface area contributed by atoms with Crippen LogP contribution in [-0.4, -0.2) is 23.8 Å². The number of carbonyl (C=O) groups is 3. The lowest BCUT2D eigenvalue weighted by Crippen LogP contribution is -2.52. The smallest absolute Gasteiger partial charge is 0.349 e. The molecule has 0 saturated carbocycles. The minimum atomic E-state index is -0.848. The van der Waals surface area contributed by atoms with Gasteiger partial charge < -0.3 is 9.73 Å². The monoisotopic (exact) mass is 342 g/mol. The molecule has 3 rings (SSSR count). The molecule has 1 aromatic heterocycles. The summed E-state index contributed by atoms with van der Waals surface area (Å²) < 4.78 is 5.37. The summed E-state index contributed by atoms with van der Waals surface area (Å²) in [4.78, 5) is 47.9. The molecule has 7 nitrogen and oxygen atoms in total. The van der Waals surface area contributed by atoms with E-state index in [0.717, 1.165) is 11.1 Å². The minimum absolute atomic E-state index is 0.125. The van der Waals surface area contributed by atoms with Crippen molar-refractivity contribution >= 4 is 28.7 Å². The van der Waals surface area contributed by atoms with Crippen molar-refractivity contribution in [1.29, 1.82) is 0 Å². The molecule has 25 heavy (non-hydrogen) atoms. The minimum Gasteiger partial charge on any atom is -0.422 e. The number of benzene rings is 1. The molecule has 0 bridgehead atoms. The number of fused-ring (bicyclic) bond motifs is 1. The number of amides is 3. The van der Waals surface area contributed by atoms with Gasteiger partial charge in [-0.1, -0.05) is 12.1 Å². The standard InChI is InChI=1S/C18H18N2O5/c1-8-4-5-11-10(3)14(18(24)25-15(11)9(8)2)17(23)19-12-6-7-13(21)20-16(12)22/h4-5,12H,6-7H2,1-3H3,(H,19,23)(H,20,21,22). The number of hydrogen-bond acceptors (Lipinski definition) is 5. The molecule has 0 aliphatic carbocycles. The molecule has 0 radical (unpaired) electrons. The molecule has 1 aliphatic rings. The predicted octanol–water partition coefficient (Wildman–Crippen LogP) is 1.25. The highest BCUT2D eigenvalue weighted by molar-refractivity contribution is 6.05. The Morgan fingerprint density at radius 2 is 1.88 bits per heavy atom. The Balaban J connectivity index is 2.00. The molecular formula is C18H18N2O5. The molecule has 2 N–H and O–H groups in total. The molecule has 1 fully saturated rings. The van der Waals surface area contributed by atoms with Gasteiger partial charge in [0.15, 0.2) is 0 Å². The summed E-state index contributed by atoms with van der Waals surface area (Å²) in [6, 6.07) is 2.85. The van der Waals surface area contributed by atoms with Crippen molar-refractivity contribution < 1.29 is 18.8 Å². The zero-order valence-electron chi connectivity index (χ0n) is 14.2. The number of carbonyl (C=O) groups excluding carboxylic acids is 3. The first-order valence-electron chi connectivity index (χ1n) is 7.97. The van der Waals surface area contributed by atoms with Gasteiger partial charge in [0.05, 0.1) is 0 Å². The molecular weight excluding hydrogens is 324 g/mol. The second-order valence-electron chi connectivity index (χ2n) is 6.25. The van der Waals surface area contributed by atoms with E-state index >= 15 is 0 Å². The molecule has 2 heterocycles. The van der Waals surface area contributed by atoms with Crippen LogP contribution in [0.4, 0.5) is 0 Å². The van der Waals surface area contributed by atoms with Gasteiger partial charge in [-0.05, 0) is 43.9 Å². The van der Waals surface area contributed by atoms with Gasteiger partial charge in [0, 0.05) is 11.8 Å². The van der Waals surface area contributed by atoms with Gasteiger partial charge in [0.2, 0.25) is 11.8 Å². The fourth-order valence-electron chi connectivity index (χ4n) is 2.97. The molecule has 1 aliphatic heterocycles. The van der Waals surface area contributed by atoms with Crippen molar-refractivity contribution in [2.75, 3.05) is 0 Å². The highest BCUT2D eigenvalue weighted by atomic mass is 16.4. The molecule has 1 aromatic carbocycles. The van der Waals surface area contributed by atoms with Crippen LogP contribution >= 0.6 is 0 Å². The van der Waals surface area contributed by atoms with E-state index < -0.39 is 23.5 Å². The summed E-state index contributed by atoms with van der Waals surface area (Å²) in [7, 11) is 0. The lowest BCUT2D eigenvalue weighted by Gasteiger charge is -2.22. The van der Waals surface area contributed by atoms with Gasteiger partial charge >= 0.3 is 5.63 Å². The van der Waals surface area contributed by atoms with Crippen LogP contribution in [0.15, 0.2) is 21.3 Å². The number of rotatable bonds is 2. The molecule has 3 amide bonds. The van der Waals surface area contributed by atoms with Crippen LogP contribution in [0, 0.1) is 20.8 Å². The summed E-state index contributed by atoms with van der Waals surface area (Å²) in [5, 5.41) is 5.36. The maximum atomic E-state index is 12.5. The normalized spacial score (nSPS) is 17.5. The van der Waals surface area contributed by atoms with Crippen molar-refractivity contribution in [1.82, 2.24) is 10.6 Å². The van der Waals surface area contributed by atoms with Crippen LogP contribution in [0.3, 0.4) is 0 Å². The van der Waals surface area contributed by atoms with E-state index in [1.54, 1.807) is 13.0 Å². The number of imide groups is 1. The van der Waals surface area contributed by atoms with Crippen LogP contribution in [0.2, 0.25) is 0 Å². The highest BCUT2D eigenvalue weighted by Gasteiger charge is 2.30. The second-order valence-corrected chi connectivity index (χ2v) is 6.25. The first-order valence-corrected chi connectivity index (χ1v) is 7.97. The van der Waals surface area contributed by atoms with E-state index in [2.05, 4.69) is 10.6 Å². The van der Waals surface area contributed by atoms with Crippen molar-refractivity contribution in [3.63, 3.8) is 0 Å². The summed E-state index contributed by atoms with van der Waals surface area (Å²) in [5.41, 5.74) is 1.91. The average Bonchev–Trinajstić information content (AvgIpc) is 2.54. The van der Waals surface area contributed by atoms with Gasteiger partial charge in [0.25, 0.3) is 5.91 Å². The lowest BCUT2D eigenvalue weighted by molar-refractivity contribution is -0.134. The van der Waals surface area contributed by atoms with Gasteiger partial charge in [-0.15, -0.1) is 0 Å². The van der Waals surface area contributed by atoms with Gasteiger partial charge in [-0.2, -0.15) is 0 Å². The van der Waals surface area contributed by atoms with Crippen LogP contribution in [0.1, 0.15) is 39.9 Å². The van der Waals surface area contributed by atoms with Crippen molar-refractivity contribution in [2.24, 2.45) is 0 Å². The third kappa shape index (κ3) is 2.93. The van der Waals surface area contributed by atoms with E-state index in [-0.39, 0.29) is 24.3 Å². The Hall–Kier alpha value is -2.96. The summed E-state index contributed by atoms with van der Waals surface area (Å²) >= 11 is 0. The van der Waals surface area contributed by atoms with Gasteiger partial charge in [-0.3, -0.25) is 19.7 Å². The molecule has 1 saturated heterocycles.